The van der Waals surface area contributed by atoms with Crippen LogP contribution in [0.5, 0.6) is 0 Å². The Bertz CT molecular complexity index is 251. The van der Waals surface area contributed by atoms with E-state index in [0.29, 0.717) is 12.0 Å². The van der Waals surface area contributed by atoms with Crippen LogP contribution in [0.25, 0.3) is 0 Å². The summed E-state index contributed by atoms with van der Waals surface area (Å²) in [5.74, 6) is 0.490. The van der Waals surface area contributed by atoms with Gasteiger partial charge in [0.2, 0.25) is 0 Å². The number of aliphatic hydroxyl groups is 1. The first-order chi connectivity index (χ1) is 7.50. The summed E-state index contributed by atoms with van der Waals surface area (Å²) < 4.78 is 0. The van der Waals surface area contributed by atoms with Crippen LogP contribution in [0.15, 0.2) is 0 Å². The minimum Gasteiger partial charge on any atom is -0.378 e. The van der Waals surface area contributed by atoms with Crippen LogP contribution >= 0.6 is 0 Å². The van der Waals surface area contributed by atoms with Crippen molar-refractivity contribution in [2.45, 2.75) is 45.0 Å². The Balaban J connectivity index is 2.26. The Hall–Kier alpha value is -0.160. The fourth-order valence-electron chi connectivity index (χ4n) is 3.70. The van der Waals surface area contributed by atoms with Gasteiger partial charge in [-0.05, 0) is 38.9 Å². The summed E-state index contributed by atoms with van der Waals surface area (Å²) in [5, 5.41) is 13.8. The maximum absolute atomic E-state index is 10.5. The van der Waals surface area contributed by atoms with E-state index in [1.54, 1.807) is 0 Å². The van der Waals surface area contributed by atoms with E-state index in [1.807, 2.05) is 7.05 Å². The molecule has 4 heteroatoms. The summed E-state index contributed by atoms with van der Waals surface area (Å²) >= 11 is 0. The molecule has 0 aliphatic carbocycles. The molecule has 3 atom stereocenters. The summed E-state index contributed by atoms with van der Waals surface area (Å²) in [6.07, 6.45) is 1.60. The highest BCUT2D eigenvalue weighted by atomic mass is 16.3. The summed E-state index contributed by atoms with van der Waals surface area (Å²) in [5.41, 5.74) is 6.35. The smallest absolute Gasteiger partial charge is 0.114 e. The van der Waals surface area contributed by atoms with E-state index in [1.165, 1.54) is 0 Å². The van der Waals surface area contributed by atoms with Gasteiger partial charge in [0.25, 0.3) is 0 Å². The van der Waals surface area contributed by atoms with E-state index >= 15 is 0 Å². The fourth-order valence-corrected chi connectivity index (χ4v) is 3.70. The van der Waals surface area contributed by atoms with Gasteiger partial charge in [0.15, 0.2) is 0 Å². The third-order valence-corrected chi connectivity index (χ3v) is 4.62. The average Bonchev–Trinajstić information content (AvgIpc) is 2.43. The van der Waals surface area contributed by atoms with Crippen molar-refractivity contribution in [3.8, 4) is 0 Å². The molecule has 4 nitrogen and oxygen atoms in total. The van der Waals surface area contributed by atoms with Crippen LogP contribution in [-0.2, 0) is 0 Å². The molecule has 0 aromatic rings. The maximum Gasteiger partial charge on any atom is 0.114 e. The molecule has 0 saturated carbocycles. The number of piperidine rings is 1. The Labute approximate surface area is 98.2 Å². The topological polar surface area (TPSA) is 61.5 Å². The van der Waals surface area contributed by atoms with Gasteiger partial charge in [0, 0.05) is 17.5 Å². The Morgan fingerprint density at radius 2 is 1.94 bits per heavy atom. The molecule has 0 bridgehead atoms. The molecule has 0 aromatic carbocycles. The third-order valence-electron chi connectivity index (χ3n) is 4.62. The molecule has 0 amide bonds. The average molecular weight is 227 g/mol. The molecule has 16 heavy (non-hydrogen) atoms. The monoisotopic (exact) mass is 227 g/mol. The van der Waals surface area contributed by atoms with Crippen LogP contribution < -0.4 is 11.1 Å². The minimum absolute atomic E-state index is 0.0884. The lowest BCUT2D eigenvalue weighted by Gasteiger charge is -2.40. The van der Waals surface area contributed by atoms with Crippen LogP contribution in [0.4, 0.5) is 0 Å². The highest BCUT2D eigenvalue weighted by Crippen LogP contribution is 2.46. The molecule has 4 N–H and O–H groups in total. The minimum atomic E-state index is -0.378. The van der Waals surface area contributed by atoms with E-state index in [-0.39, 0.29) is 17.7 Å². The largest absolute Gasteiger partial charge is 0.378 e. The molecule has 3 unspecified atom stereocenters. The molecule has 0 aromatic heterocycles. The first-order valence-electron chi connectivity index (χ1n) is 6.37. The normalized spacial score (nSPS) is 39.8. The first kappa shape index (κ1) is 12.3. The lowest BCUT2D eigenvalue weighted by molar-refractivity contribution is -0.0532. The van der Waals surface area contributed by atoms with Crippen molar-refractivity contribution in [1.82, 2.24) is 10.2 Å². The molecule has 2 rings (SSSR count). The molecule has 1 spiro atoms. The molecular formula is C12H25N3O. The molecule has 2 fully saturated rings. The Morgan fingerprint density at radius 3 is 2.38 bits per heavy atom. The second kappa shape index (κ2) is 4.26. The second-order valence-electron chi connectivity index (χ2n) is 5.78. The van der Waals surface area contributed by atoms with Crippen LogP contribution in [0.1, 0.15) is 26.7 Å². The van der Waals surface area contributed by atoms with Gasteiger partial charge in [-0.3, -0.25) is 4.90 Å². The molecule has 2 saturated heterocycles. The number of nitrogens with two attached hydrogens (primary N) is 1. The van der Waals surface area contributed by atoms with Crippen LogP contribution in [0.2, 0.25) is 0 Å². The van der Waals surface area contributed by atoms with Gasteiger partial charge in [-0.15, -0.1) is 0 Å². The SMILES string of the molecule is CC(C)C1C(N)C2(CCNCC2)C(O)N1C. The molecular weight excluding hydrogens is 202 g/mol. The number of aliphatic hydroxyl groups excluding tert-OH is 1. The lowest BCUT2D eigenvalue weighted by Crippen LogP contribution is -2.53. The van der Waals surface area contributed by atoms with Crippen LogP contribution in [-0.4, -0.2) is 48.5 Å². The second-order valence-corrected chi connectivity index (χ2v) is 5.78. The highest BCUT2D eigenvalue weighted by Gasteiger charge is 2.56. The third kappa shape index (κ3) is 1.59. The Kier molecular flexibility index (Phi) is 3.27. The molecule has 2 aliphatic rings. The number of rotatable bonds is 1. The molecule has 94 valence electrons. The van der Waals surface area contributed by atoms with Gasteiger partial charge in [-0.25, -0.2) is 0 Å². The van der Waals surface area contributed by atoms with E-state index < -0.39 is 0 Å². The van der Waals surface area contributed by atoms with Crippen LogP contribution in [0, 0.1) is 11.3 Å². The predicted octanol–water partition coefficient (Wildman–Crippen LogP) is -0.0281. The standard InChI is InChI=1S/C12H25N3O/c1-8(2)9-10(13)12(11(16)15(9)3)4-6-14-7-5-12/h8-11,14,16H,4-7,13H2,1-3H3. The number of nitrogens with one attached hydrogen (secondary N) is 1. The summed E-state index contributed by atoms with van der Waals surface area (Å²) in [6.45, 7) is 6.33. The van der Waals surface area contributed by atoms with Crippen LogP contribution in [0.3, 0.4) is 0 Å². The number of hydrogen-bond acceptors (Lipinski definition) is 4. The predicted molar refractivity (Wildman–Crippen MR) is 64.9 cm³/mol. The fraction of sp³-hybridized carbons (Fsp3) is 1.00. The van der Waals surface area contributed by atoms with Gasteiger partial charge in [-0.2, -0.15) is 0 Å². The van der Waals surface area contributed by atoms with Crippen molar-refractivity contribution in [2.24, 2.45) is 17.1 Å². The van der Waals surface area contributed by atoms with Gasteiger partial charge < -0.3 is 16.2 Å². The quantitative estimate of drug-likeness (QED) is 0.589. The molecule has 2 heterocycles. The highest BCUT2D eigenvalue weighted by molar-refractivity contribution is 5.09. The van der Waals surface area contributed by atoms with E-state index in [2.05, 4.69) is 24.1 Å². The zero-order valence-electron chi connectivity index (χ0n) is 10.6. The zero-order valence-corrected chi connectivity index (χ0v) is 10.6. The molecule has 2 aliphatic heterocycles. The first-order valence-corrected chi connectivity index (χ1v) is 6.37. The van der Waals surface area contributed by atoms with Crippen molar-refractivity contribution < 1.29 is 5.11 Å². The van der Waals surface area contributed by atoms with Gasteiger partial charge in [0.05, 0.1) is 0 Å². The van der Waals surface area contributed by atoms with Gasteiger partial charge in [-0.1, -0.05) is 13.8 Å². The number of hydrogen-bond donors (Lipinski definition) is 3. The summed E-state index contributed by atoms with van der Waals surface area (Å²) in [4.78, 5) is 2.08. The molecule has 0 radical (unpaired) electrons. The number of likely N-dealkylation sites (tertiary alicyclic amines) is 1. The van der Waals surface area contributed by atoms with E-state index in [0.717, 1.165) is 25.9 Å². The number of likely N-dealkylation sites (N-methyl/N-ethyl adjacent to an activating group) is 1. The maximum atomic E-state index is 10.5. The van der Waals surface area contributed by atoms with Crippen molar-refractivity contribution in [3.05, 3.63) is 0 Å². The zero-order chi connectivity index (χ0) is 11.9. The summed E-state index contributed by atoms with van der Waals surface area (Å²) in [6, 6.07) is 0.391. The summed E-state index contributed by atoms with van der Waals surface area (Å²) in [7, 11) is 2.01. The van der Waals surface area contributed by atoms with E-state index in [4.69, 9.17) is 5.73 Å². The van der Waals surface area contributed by atoms with Crippen molar-refractivity contribution in [2.75, 3.05) is 20.1 Å². The van der Waals surface area contributed by atoms with Crippen molar-refractivity contribution in [3.63, 3.8) is 0 Å². The number of nitrogens with zero attached hydrogens (tertiary/aromatic N) is 1. The van der Waals surface area contributed by atoms with Gasteiger partial charge in [0.1, 0.15) is 6.23 Å². The van der Waals surface area contributed by atoms with E-state index in [9.17, 15) is 5.11 Å². The van der Waals surface area contributed by atoms with Gasteiger partial charge >= 0.3 is 0 Å². The Morgan fingerprint density at radius 1 is 1.38 bits per heavy atom. The van der Waals surface area contributed by atoms with Crippen molar-refractivity contribution in [1.29, 1.82) is 0 Å². The van der Waals surface area contributed by atoms with Crippen molar-refractivity contribution >= 4 is 0 Å². The lowest BCUT2D eigenvalue weighted by atomic mass is 9.71.